The summed E-state index contributed by atoms with van der Waals surface area (Å²) in [5, 5.41) is 8.82. The number of hydrogen-bond donors (Lipinski definition) is 1. The predicted molar refractivity (Wildman–Crippen MR) is 56.3 cm³/mol. The lowest BCUT2D eigenvalue weighted by atomic mass is 9.96. The Hall–Kier alpha value is -1.17. The summed E-state index contributed by atoms with van der Waals surface area (Å²) < 4.78 is 27.4. The number of aromatic nitrogens is 2. The van der Waals surface area contributed by atoms with Gasteiger partial charge in [0.25, 0.3) is 0 Å². The topological polar surface area (TPSA) is 55.1 Å². The molecule has 0 aromatic carbocycles. The SMILES string of the molecule is O=C(O)Cn1nc(C(F)(F)Cl)c2c1CCCC2. The van der Waals surface area contributed by atoms with Crippen LogP contribution in [-0.4, -0.2) is 20.9 Å². The van der Waals surface area contributed by atoms with Gasteiger partial charge >= 0.3 is 11.4 Å². The number of fused-ring (bicyclic) bond motifs is 1. The largest absolute Gasteiger partial charge is 0.480 e. The van der Waals surface area contributed by atoms with E-state index in [1.165, 1.54) is 0 Å². The van der Waals surface area contributed by atoms with Gasteiger partial charge in [-0.3, -0.25) is 9.48 Å². The maximum atomic E-state index is 13.1. The molecule has 2 rings (SSSR count). The van der Waals surface area contributed by atoms with Crippen LogP contribution in [0.15, 0.2) is 0 Å². The molecule has 0 aliphatic heterocycles. The molecule has 0 atom stereocenters. The molecule has 0 amide bonds. The molecule has 1 heterocycles. The highest BCUT2D eigenvalue weighted by Gasteiger charge is 2.37. The number of hydrogen-bond acceptors (Lipinski definition) is 2. The highest BCUT2D eigenvalue weighted by Crippen LogP contribution is 2.37. The van der Waals surface area contributed by atoms with Crippen molar-refractivity contribution in [1.29, 1.82) is 0 Å². The van der Waals surface area contributed by atoms with Gasteiger partial charge in [0.2, 0.25) is 0 Å². The zero-order valence-corrected chi connectivity index (χ0v) is 9.68. The molecule has 7 heteroatoms. The molecular weight excluding hydrogens is 254 g/mol. The van der Waals surface area contributed by atoms with Gasteiger partial charge in [0.05, 0.1) is 0 Å². The zero-order valence-electron chi connectivity index (χ0n) is 8.92. The summed E-state index contributed by atoms with van der Waals surface area (Å²) >= 11 is 4.99. The van der Waals surface area contributed by atoms with E-state index >= 15 is 0 Å². The van der Waals surface area contributed by atoms with Crippen LogP contribution in [0.3, 0.4) is 0 Å². The summed E-state index contributed by atoms with van der Waals surface area (Å²) in [6.07, 6.45) is 2.70. The van der Waals surface area contributed by atoms with Gasteiger partial charge in [0, 0.05) is 11.3 Å². The van der Waals surface area contributed by atoms with Crippen LogP contribution < -0.4 is 0 Å². The minimum absolute atomic E-state index is 0.407. The molecule has 0 radical (unpaired) electrons. The molecular formula is C10H11ClF2N2O2. The number of rotatable bonds is 3. The number of carboxylic acids is 1. The second-order valence-electron chi connectivity index (χ2n) is 4.03. The van der Waals surface area contributed by atoms with Gasteiger partial charge in [-0.25, -0.2) is 0 Å². The fourth-order valence-corrected chi connectivity index (χ4v) is 2.31. The lowest BCUT2D eigenvalue weighted by molar-refractivity contribution is -0.138. The van der Waals surface area contributed by atoms with Crippen LogP contribution in [0.25, 0.3) is 0 Å². The molecule has 0 unspecified atom stereocenters. The molecule has 0 saturated carbocycles. The monoisotopic (exact) mass is 264 g/mol. The Morgan fingerprint density at radius 3 is 2.71 bits per heavy atom. The molecule has 1 aliphatic carbocycles. The minimum Gasteiger partial charge on any atom is -0.480 e. The third-order valence-corrected chi connectivity index (χ3v) is 2.99. The average molecular weight is 265 g/mol. The number of carbonyl (C=O) groups is 1. The second kappa shape index (κ2) is 4.25. The van der Waals surface area contributed by atoms with Crippen molar-refractivity contribution in [3.8, 4) is 0 Å². The van der Waals surface area contributed by atoms with Crippen LogP contribution in [-0.2, 0) is 29.6 Å². The standard InChI is InChI=1S/C10H11ClF2N2O2/c11-10(12,13)9-6-3-1-2-4-7(6)15(14-9)5-8(16)17/h1-5H2,(H,16,17). The Labute approximate surface area is 101 Å². The Bertz CT molecular complexity index is 454. The first-order chi connectivity index (χ1) is 7.89. The van der Waals surface area contributed by atoms with Gasteiger partial charge in [-0.15, -0.1) is 0 Å². The Balaban J connectivity index is 2.47. The van der Waals surface area contributed by atoms with Gasteiger partial charge < -0.3 is 5.11 Å². The summed E-state index contributed by atoms with van der Waals surface area (Å²) in [6.45, 7) is -0.407. The molecule has 0 saturated heterocycles. The van der Waals surface area contributed by atoms with E-state index in [0.29, 0.717) is 24.1 Å². The van der Waals surface area contributed by atoms with Gasteiger partial charge in [-0.2, -0.15) is 13.9 Å². The summed E-state index contributed by atoms with van der Waals surface area (Å²) in [5.74, 6) is -1.11. The van der Waals surface area contributed by atoms with Crippen LogP contribution in [0.2, 0.25) is 0 Å². The van der Waals surface area contributed by atoms with Gasteiger partial charge in [0.15, 0.2) is 5.69 Å². The first-order valence-electron chi connectivity index (χ1n) is 5.27. The van der Waals surface area contributed by atoms with Crippen molar-refractivity contribution in [2.24, 2.45) is 0 Å². The highest BCUT2D eigenvalue weighted by molar-refractivity contribution is 6.21. The summed E-state index contributed by atoms with van der Waals surface area (Å²) in [5.41, 5.74) is 0.501. The van der Waals surface area contributed by atoms with E-state index < -0.39 is 23.6 Å². The number of nitrogens with zero attached hydrogens (tertiary/aromatic N) is 2. The van der Waals surface area contributed by atoms with E-state index in [2.05, 4.69) is 5.10 Å². The third kappa shape index (κ3) is 2.41. The van der Waals surface area contributed by atoms with Crippen LogP contribution in [0.4, 0.5) is 8.78 Å². The molecule has 17 heavy (non-hydrogen) atoms. The van der Waals surface area contributed by atoms with Crippen LogP contribution in [0.1, 0.15) is 29.8 Å². The van der Waals surface area contributed by atoms with Crippen molar-refractivity contribution in [1.82, 2.24) is 9.78 Å². The van der Waals surface area contributed by atoms with Gasteiger partial charge in [0.1, 0.15) is 6.54 Å². The predicted octanol–water partition coefficient (Wildman–Crippen LogP) is 2.13. The number of alkyl halides is 3. The summed E-state index contributed by atoms with van der Waals surface area (Å²) in [6, 6.07) is 0. The lowest BCUT2D eigenvalue weighted by Crippen LogP contribution is -2.15. The number of aliphatic carboxylic acids is 1. The van der Waals surface area contributed by atoms with Gasteiger partial charge in [-0.05, 0) is 37.3 Å². The fourth-order valence-electron chi connectivity index (χ4n) is 2.16. The zero-order chi connectivity index (χ0) is 12.6. The first-order valence-corrected chi connectivity index (χ1v) is 5.65. The third-order valence-electron chi connectivity index (χ3n) is 2.81. The quantitative estimate of drug-likeness (QED) is 0.851. The summed E-state index contributed by atoms with van der Waals surface area (Å²) in [7, 11) is 0. The molecule has 1 N–H and O–H groups in total. The Kier molecular flexibility index (Phi) is 3.07. The van der Waals surface area contributed by atoms with E-state index in [4.69, 9.17) is 16.7 Å². The lowest BCUT2D eigenvalue weighted by Gasteiger charge is -2.14. The number of halogens is 3. The molecule has 1 aromatic rings. The summed E-state index contributed by atoms with van der Waals surface area (Å²) in [4.78, 5) is 10.6. The number of carboxylic acid groups (broad SMARTS) is 1. The highest BCUT2D eigenvalue weighted by atomic mass is 35.5. The van der Waals surface area contributed by atoms with Crippen molar-refractivity contribution < 1.29 is 18.7 Å². The van der Waals surface area contributed by atoms with E-state index in [-0.39, 0.29) is 0 Å². The van der Waals surface area contributed by atoms with E-state index in [0.717, 1.165) is 17.5 Å². The first kappa shape index (κ1) is 12.3. The van der Waals surface area contributed by atoms with E-state index in [9.17, 15) is 13.6 Å². The Morgan fingerprint density at radius 1 is 1.47 bits per heavy atom. The molecule has 0 bridgehead atoms. The van der Waals surface area contributed by atoms with Crippen molar-refractivity contribution in [2.75, 3.05) is 0 Å². The maximum absolute atomic E-state index is 13.1. The molecule has 94 valence electrons. The minimum atomic E-state index is -3.54. The van der Waals surface area contributed by atoms with Crippen molar-refractivity contribution in [3.63, 3.8) is 0 Å². The normalized spacial score (nSPS) is 15.7. The fraction of sp³-hybridized carbons (Fsp3) is 0.600. The van der Waals surface area contributed by atoms with E-state index in [1.807, 2.05) is 0 Å². The molecule has 4 nitrogen and oxygen atoms in total. The Morgan fingerprint density at radius 2 is 2.12 bits per heavy atom. The smallest absolute Gasteiger partial charge is 0.366 e. The van der Waals surface area contributed by atoms with Crippen LogP contribution in [0.5, 0.6) is 0 Å². The molecule has 0 spiro atoms. The van der Waals surface area contributed by atoms with Crippen LogP contribution >= 0.6 is 11.6 Å². The molecule has 1 aliphatic rings. The average Bonchev–Trinajstić information content (AvgIpc) is 2.56. The molecule has 0 fully saturated rings. The van der Waals surface area contributed by atoms with Crippen molar-refractivity contribution in [3.05, 3.63) is 17.0 Å². The molecule has 1 aromatic heterocycles. The van der Waals surface area contributed by atoms with Crippen molar-refractivity contribution >= 4 is 17.6 Å². The maximum Gasteiger partial charge on any atom is 0.366 e. The van der Waals surface area contributed by atoms with E-state index in [1.54, 1.807) is 0 Å². The second-order valence-corrected chi connectivity index (χ2v) is 4.50. The van der Waals surface area contributed by atoms with Gasteiger partial charge in [-0.1, -0.05) is 0 Å². The van der Waals surface area contributed by atoms with Crippen molar-refractivity contribution in [2.45, 2.75) is 37.6 Å². The van der Waals surface area contributed by atoms with Crippen LogP contribution in [0, 0.1) is 0 Å².